The third-order valence-electron chi connectivity index (χ3n) is 4.12. The Labute approximate surface area is 138 Å². The lowest BCUT2D eigenvalue weighted by Crippen LogP contribution is -2.36. The standard InChI is InChI=1S/C17H19N3O4/c21-15(19-12-5-1-2-6-12)10-24-16(22)9-20-11-18-14-8-4-3-7-13(14)17(20)23/h3-4,7-8,11-12H,1-2,5-6,9-10H2,(H,19,21). The lowest BCUT2D eigenvalue weighted by Gasteiger charge is -2.12. The zero-order valence-corrected chi connectivity index (χ0v) is 13.2. The molecule has 7 heteroatoms. The third kappa shape index (κ3) is 3.79. The van der Waals surface area contributed by atoms with Crippen LogP contribution in [0.1, 0.15) is 25.7 Å². The topological polar surface area (TPSA) is 90.3 Å². The molecule has 7 nitrogen and oxygen atoms in total. The molecule has 126 valence electrons. The molecule has 1 aliphatic carbocycles. The quantitative estimate of drug-likeness (QED) is 0.827. The number of fused-ring (bicyclic) bond motifs is 1. The summed E-state index contributed by atoms with van der Waals surface area (Å²) in [5.41, 5.74) is 0.260. The summed E-state index contributed by atoms with van der Waals surface area (Å²) in [6, 6.07) is 7.09. The van der Waals surface area contributed by atoms with Crippen LogP contribution in [0.2, 0.25) is 0 Å². The van der Waals surface area contributed by atoms with Crippen molar-refractivity contribution in [2.45, 2.75) is 38.3 Å². The predicted molar refractivity (Wildman–Crippen MR) is 87.4 cm³/mol. The molecule has 0 atom stereocenters. The Bertz CT molecular complexity index is 809. The molecule has 0 bridgehead atoms. The van der Waals surface area contributed by atoms with Crippen LogP contribution >= 0.6 is 0 Å². The predicted octanol–water partition coefficient (Wildman–Crippen LogP) is 0.998. The molecule has 0 saturated heterocycles. The number of carbonyl (C=O) groups is 2. The van der Waals surface area contributed by atoms with Gasteiger partial charge in [-0.05, 0) is 25.0 Å². The van der Waals surface area contributed by atoms with E-state index < -0.39 is 5.97 Å². The van der Waals surface area contributed by atoms with E-state index in [2.05, 4.69) is 10.3 Å². The first-order chi connectivity index (χ1) is 11.6. The van der Waals surface area contributed by atoms with Gasteiger partial charge in [0.25, 0.3) is 11.5 Å². The fraction of sp³-hybridized carbons (Fsp3) is 0.412. The van der Waals surface area contributed by atoms with Gasteiger partial charge in [-0.25, -0.2) is 4.98 Å². The normalized spacial score (nSPS) is 14.7. The van der Waals surface area contributed by atoms with Crippen molar-refractivity contribution in [3.05, 3.63) is 40.9 Å². The van der Waals surface area contributed by atoms with Crippen LogP contribution < -0.4 is 10.9 Å². The molecule has 1 fully saturated rings. The smallest absolute Gasteiger partial charge is 0.326 e. The molecule has 1 aromatic carbocycles. The Balaban J connectivity index is 1.56. The number of benzene rings is 1. The van der Waals surface area contributed by atoms with Crippen molar-refractivity contribution < 1.29 is 14.3 Å². The Kier molecular flexibility index (Phi) is 4.88. The van der Waals surface area contributed by atoms with Crippen molar-refractivity contribution in [1.29, 1.82) is 0 Å². The van der Waals surface area contributed by atoms with E-state index in [1.165, 1.54) is 10.9 Å². The number of carbonyl (C=O) groups excluding carboxylic acids is 2. The van der Waals surface area contributed by atoms with Crippen molar-refractivity contribution in [2.24, 2.45) is 0 Å². The van der Waals surface area contributed by atoms with Gasteiger partial charge in [-0.2, -0.15) is 0 Å². The molecule has 0 unspecified atom stereocenters. The highest BCUT2D eigenvalue weighted by molar-refractivity contribution is 5.81. The minimum atomic E-state index is -0.643. The van der Waals surface area contributed by atoms with E-state index in [0.717, 1.165) is 25.7 Å². The van der Waals surface area contributed by atoms with Crippen molar-refractivity contribution in [1.82, 2.24) is 14.9 Å². The Hall–Kier alpha value is -2.70. The largest absolute Gasteiger partial charge is 0.454 e. The monoisotopic (exact) mass is 329 g/mol. The van der Waals surface area contributed by atoms with Gasteiger partial charge in [0.2, 0.25) is 0 Å². The summed E-state index contributed by atoms with van der Waals surface area (Å²) in [6.45, 7) is -0.599. The van der Waals surface area contributed by atoms with Gasteiger partial charge in [0.1, 0.15) is 6.54 Å². The van der Waals surface area contributed by atoms with Gasteiger partial charge in [0, 0.05) is 6.04 Å². The molecule has 1 aliphatic rings. The van der Waals surface area contributed by atoms with Gasteiger partial charge in [-0.1, -0.05) is 25.0 Å². The zero-order chi connectivity index (χ0) is 16.9. The summed E-state index contributed by atoms with van der Waals surface area (Å²) in [5, 5.41) is 3.27. The fourth-order valence-electron chi connectivity index (χ4n) is 2.89. The number of nitrogens with zero attached hydrogens (tertiary/aromatic N) is 2. The highest BCUT2D eigenvalue weighted by Gasteiger charge is 2.18. The Morgan fingerprint density at radius 2 is 2.00 bits per heavy atom. The lowest BCUT2D eigenvalue weighted by atomic mass is 10.2. The number of ether oxygens (including phenoxy) is 1. The summed E-state index contributed by atoms with van der Waals surface area (Å²) in [6.07, 6.45) is 5.48. The Morgan fingerprint density at radius 1 is 1.25 bits per heavy atom. The number of hydrogen-bond donors (Lipinski definition) is 1. The first-order valence-corrected chi connectivity index (χ1v) is 8.02. The first-order valence-electron chi connectivity index (χ1n) is 8.02. The third-order valence-corrected chi connectivity index (χ3v) is 4.12. The van der Waals surface area contributed by atoms with Gasteiger partial charge in [-0.15, -0.1) is 0 Å². The second-order valence-corrected chi connectivity index (χ2v) is 5.90. The van der Waals surface area contributed by atoms with Crippen molar-refractivity contribution in [3.8, 4) is 0 Å². The van der Waals surface area contributed by atoms with Crippen LogP contribution in [0.5, 0.6) is 0 Å². The van der Waals surface area contributed by atoms with E-state index in [9.17, 15) is 14.4 Å². The van der Waals surface area contributed by atoms with E-state index >= 15 is 0 Å². The summed E-state index contributed by atoms with van der Waals surface area (Å²) < 4.78 is 6.13. The average molecular weight is 329 g/mol. The highest BCUT2D eigenvalue weighted by Crippen LogP contribution is 2.17. The van der Waals surface area contributed by atoms with Crippen LogP contribution in [0, 0.1) is 0 Å². The molecule has 24 heavy (non-hydrogen) atoms. The number of hydrogen-bond acceptors (Lipinski definition) is 5. The lowest BCUT2D eigenvalue weighted by molar-refractivity contribution is -0.149. The second-order valence-electron chi connectivity index (χ2n) is 5.90. The summed E-state index contributed by atoms with van der Waals surface area (Å²) in [5.74, 6) is -0.949. The van der Waals surface area contributed by atoms with Gasteiger partial charge < -0.3 is 10.1 Å². The molecule has 1 saturated carbocycles. The number of rotatable bonds is 5. The zero-order valence-electron chi connectivity index (χ0n) is 13.2. The summed E-state index contributed by atoms with van der Waals surface area (Å²) >= 11 is 0. The van der Waals surface area contributed by atoms with Gasteiger partial charge in [0.15, 0.2) is 6.61 Å². The first kappa shape index (κ1) is 16.2. The second kappa shape index (κ2) is 7.25. The number of nitrogens with one attached hydrogen (secondary N) is 1. The molecule has 0 spiro atoms. The number of aromatic nitrogens is 2. The SMILES string of the molecule is O=C(COC(=O)Cn1cnc2ccccc2c1=O)NC1CCCC1. The maximum Gasteiger partial charge on any atom is 0.326 e. The van der Waals surface area contributed by atoms with E-state index in [4.69, 9.17) is 4.74 Å². The molecule has 2 aromatic rings. The molecule has 1 heterocycles. The minimum Gasteiger partial charge on any atom is -0.454 e. The summed E-state index contributed by atoms with van der Waals surface area (Å²) in [4.78, 5) is 40.0. The van der Waals surface area contributed by atoms with Crippen LogP contribution in [-0.4, -0.2) is 34.1 Å². The molecule has 3 rings (SSSR count). The molecule has 1 N–H and O–H groups in total. The van der Waals surface area contributed by atoms with Gasteiger partial charge in [0.05, 0.1) is 17.2 Å². The van der Waals surface area contributed by atoms with Crippen LogP contribution in [0.25, 0.3) is 10.9 Å². The van der Waals surface area contributed by atoms with E-state index in [1.807, 2.05) is 0 Å². The van der Waals surface area contributed by atoms with Crippen molar-refractivity contribution in [2.75, 3.05) is 6.61 Å². The van der Waals surface area contributed by atoms with Crippen LogP contribution in [0.3, 0.4) is 0 Å². The number of amides is 1. The van der Waals surface area contributed by atoms with E-state index in [1.54, 1.807) is 24.3 Å². The van der Waals surface area contributed by atoms with Crippen LogP contribution in [0.4, 0.5) is 0 Å². The highest BCUT2D eigenvalue weighted by atomic mass is 16.5. The summed E-state index contributed by atoms with van der Waals surface area (Å²) in [7, 11) is 0. The molecular formula is C17H19N3O4. The van der Waals surface area contributed by atoms with Crippen molar-refractivity contribution >= 4 is 22.8 Å². The van der Waals surface area contributed by atoms with Crippen LogP contribution in [0.15, 0.2) is 35.4 Å². The molecule has 0 radical (unpaired) electrons. The maximum atomic E-state index is 12.3. The van der Waals surface area contributed by atoms with Gasteiger partial charge in [-0.3, -0.25) is 19.0 Å². The molecular weight excluding hydrogens is 310 g/mol. The van der Waals surface area contributed by atoms with Crippen LogP contribution in [-0.2, 0) is 20.9 Å². The number of esters is 1. The average Bonchev–Trinajstić information content (AvgIpc) is 3.09. The molecule has 1 amide bonds. The number of para-hydroxylation sites is 1. The van der Waals surface area contributed by atoms with E-state index in [-0.39, 0.29) is 30.7 Å². The fourth-order valence-corrected chi connectivity index (χ4v) is 2.89. The minimum absolute atomic E-state index is 0.184. The maximum absolute atomic E-state index is 12.3. The molecule has 1 aromatic heterocycles. The molecule has 0 aliphatic heterocycles. The van der Waals surface area contributed by atoms with Gasteiger partial charge >= 0.3 is 5.97 Å². The van der Waals surface area contributed by atoms with E-state index in [0.29, 0.717) is 10.9 Å². The van der Waals surface area contributed by atoms with Crippen molar-refractivity contribution in [3.63, 3.8) is 0 Å². The Morgan fingerprint density at radius 3 is 2.79 bits per heavy atom.